The number of carbonyl (C=O) groups excluding carboxylic acids is 1. The van der Waals surface area contributed by atoms with Gasteiger partial charge in [-0.05, 0) is 19.8 Å². The fraction of sp³-hybridized carbons (Fsp3) is 0.562. The topological polar surface area (TPSA) is 117 Å². The zero-order valence-electron chi connectivity index (χ0n) is 15.0. The summed E-state index contributed by atoms with van der Waals surface area (Å²) in [5.41, 5.74) is 5.18. The number of methoxy groups -OCH3 is 1. The van der Waals surface area contributed by atoms with Gasteiger partial charge in [0.25, 0.3) is 11.6 Å². The van der Waals surface area contributed by atoms with E-state index in [0.29, 0.717) is 19.4 Å². The van der Waals surface area contributed by atoms with Crippen molar-refractivity contribution >= 4 is 24.0 Å². The van der Waals surface area contributed by atoms with Gasteiger partial charge in [-0.25, -0.2) is 0 Å². The first-order valence-electron chi connectivity index (χ1n) is 7.88. The van der Waals surface area contributed by atoms with Crippen LogP contribution in [0.2, 0.25) is 0 Å². The van der Waals surface area contributed by atoms with Crippen molar-refractivity contribution < 1.29 is 19.2 Å². The Morgan fingerprint density at radius 1 is 1.28 bits per heavy atom. The first-order chi connectivity index (χ1) is 11.3. The molecule has 1 amide bonds. The molecule has 0 aliphatic carbocycles. The van der Waals surface area contributed by atoms with Crippen LogP contribution in [0.25, 0.3) is 0 Å². The zero-order chi connectivity index (χ0) is 18.3. The number of benzene rings is 1. The summed E-state index contributed by atoms with van der Waals surface area (Å²) in [7, 11) is 1.38. The lowest BCUT2D eigenvalue weighted by Gasteiger charge is -2.26. The lowest BCUT2D eigenvalue weighted by atomic mass is 9.94. The number of amides is 1. The summed E-state index contributed by atoms with van der Waals surface area (Å²) in [6, 6.07) is 2.52. The van der Waals surface area contributed by atoms with Crippen molar-refractivity contribution in [2.24, 2.45) is 5.73 Å². The Balaban J connectivity index is 0.00000576. The molecule has 0 spiro atoms. The summed E-state index contributed by atoms with van der Waals surface area (Å²) < 4.78 is 10.5. The molecule has 0 atom stereocenters. The minimum absolute atomic E-state index is 0. The van der Waals surface area contributed by atoms with Crippen LogP contribution in [0.15, 0.2) is 12.1 Å². The highest BCUT2D eigenvalue weighted by Crippen LogP contribution is 2.34. The van der Waals surface area contributed by atoms with E-state index in [1.807, 2.05) is 13.8 Å². The van der Waals surface area contributed by atoms with Crippen LogP contribution in [-0.4, -0.2) is 36.6 Å². The van der Waals surface area contributed by atoms with E-state index in [0.717, 1.165) is 0 Å². The van der Waals surface area contributed by atoms with Crippen LogP contribution in [-0.2, 0) is 0 Å². The van der Waals surface area contributed by atoms with E-state index >= 15 is 0 Å². The second kappa shape index (κ2) is 10.0. The minimum Gasteiger partial charge on any atom is -0.493 e. The maximum Gasteiger partial charge on any atom is 0.286 e. The van der Waals surface area contributed by atoms with Gasteiger partial charge in [-0.3, -0.25) is 14.9 Å². The largest absolute Gasteiger partial charge is 0.493 e. The Morgan fingerprint density at radius 3 is 2.32 bits per heavy atom. The summed E-state index contributed by atoms with van der Waals surface area (Å²) in [4.78, 5) is 23.1. The van der Waals surface area contributed by atoms with Crippen molar-refractivity contribution in [3.63, 3.8) is 0 Å². The number of nitrogens with one attached hydrogen (secondary N) is 1. The molecule has 0 fully saturated rings. The van der Waals surface area contributed by atoms with Crippen LogP contribution in [0.4, 0.5) is 5.69 Å². The highest BCUT2D eigenvalue weighted by atomic mass is 35.5. The quantitative estimate of drug-likeness (QED) is 0.506. The normalized spacial score (nSPS) is 10.6. The number of nitro benzene ring substituents is 1. The molecule has 3 N–H and O–H groups in total. The number of halogens is 1. The average molecular weight is 376 g/mol. The number of rotatable bonds is 9. The SMILES string of the molecule is CCOc1cc(C(=O)NCC(N)(CC)CC)c([N+](=O)[O-])cc1OC.Cl. The second-order valence-corrected chi connectivity index (χ2v) is 5.46. The van der Waals surface area contributed by atoms with E-state index in [4.69, 9.17) is 15.2 Å². The molecule has 8 nitrogen and oxygen atoms in total. The monoisotopic (exact) mass is 375 g/mol. The molecule has 0 aromatic heterocycles. The molecular formula is C16H26ClN3O5. The summed E-state index contributed by atoms with van der Waals surface area (Å²) in [5.74, 6) is -0.0850. The fourth-order valence-corrected chi connectivity index (χ4v) is 2.16. The third-order valence-electron chi connectivity index (χ3n) is 4.03. The zero-order valence-corrected chi connectivity index (χ0v) is 15.8. The van der Waals surface area contributed by atoms with E-state index in [1.165, 1.54) is 19.2 Å². The Morgan fingerprint density at radius 2 is 1.88 bits per heavy atom. The van der Waals surface area contributed by atoms with E-state index in [2.05, 4.69) is 5.32 Å². The predicted molar refractivity (Wildman–Crippen MR) is 97.9 cm³/mol. The first-order valence-corrected chi connectivity index (χ1v) is 7.88. The van der Waals surface area contributed by atoms with Gasteiger partial charge < -0.3 is 20.5 Å². The number of hydrogen-bond donors (Lipinski definition) is 2. The molecule has 0 radical (unpaired) electrons. The predicted octanol–water partition coefficient (Wildman–Crippen LogP) is 2.67. The van der Waals surface area contributed by atoms with Crippen molar-refractivity contribution in [2.45, 2.75) is 39.2 Å². The molecule has 1 rings (SSSR count). The molecule has 0 saturated heterocycles. The van der Waals surface area contributed by atoms with E-state index in [1.54, 1.807) is 6.92 Å². The van der Waals surface area contributed by atoms with Gasteiger partial charge in [-0.15, -0.1) is 12.4 Å². The standard InChI is InChI=1S/C16H25N3O5.ClH/c1-5-16(17,6-2)10-18-15(20)11-8-14(24-7-3)13(23-4)9-12(11)19(21)22;/h8-9H,5-7,10,17H2,1-4H3,(H,18,20);1H. The molecule has 0 bridgehead atoms. The first kappa shape index (κ1) is 22.9. The van der Waals surface area contributed by atoms with E-state index < -0.39 is 16.4 Å². The molecule has 1 aromatic carbocycles. The smallest absolute Gasteiger partial charge is 0.286 e. The number of nitro groups is 1. The van der Waals surface area contributed by atoms with Gasteiger partial charge >= 0.3 is 0 Å². The van der Waals surface area contributed by atoms with Gasteiger partial charge in [0.05, 0.1) is 24.7 Å². The second-order valence-electron chi connectivity index (χ2n) is 5.46. The van der Waals surface area contributed by atoms with Crippen LogP contribution in [0.5, 0.6) is 11.5 Å². The van der Waals surface area contributed by atoms with E-state index in [9.17, 15) is 14.9 Å². The molecule has 1 aromatic rings. The molecule has 9 heteroatoms. The third kappa shape index (κ3) is 5.75. The number of nitrogens with two attached hydrogens (primary N) is 1. The van der Waals surface area contributed by atoms with Crippen molar-refractivity contribution in [3.05, 3.63) is 27.8 Å². The molecular weight excluding hydrogens is 350 g/mol. The van der Waals surface area contributed by atoms with Crippen LogP contribution in [0, 0.1) is 10.1 Å². The van der Waals surface area contributed by atoms with Crippen LogP contribution in [0.3, 0.4) is 0 Å². The molecule has 142 valence electrons. The van der Waals surface area contributed by atoms with Crippen molar-refractivity contribution in [3.8, 4) is 11.5 Å². The van der Waals surface area contributed by atoms with Crippen molar-refractivity contribution in [2.75, 3.05) is 20.3 Å². The Bertz CT molecular complexity index is 606. The number of carbonyl (C=O) groups is 1. The highest BCUT2D eigenvalue weighted by molar-refractivity contribution is 5.99. The Labute approximate surface area is 153 Å². The highest BCUT2D eigenvalue weighted by Gasteiger charge is 2.27. The lowest BCUT2D eigenvalue weighted by Crippen LogP contribution is -2.49. The summed E-state index contributed by atoms with van der Waals surface area (Å²) >= 11 is 0. The Kier molecular flexibility index (Phi) is 9.22. The maximum atomic E-state index is 12.4. The van der Waals surface area contributed by atoms with Crippen LogP contribution >= 0.6 is 12.4 Å². The lowest BCUT2D eigenvalue weighted by molar-refractivity contribution is -0.385. The van der Waals surface area contributed by atoms with Gasteiger partial charge in [0.2, 0.25) is 0 Å². The van der Waals surface area contributed by atoms with Gasteiger partial charge in [-0.1, -0.05) is 13.8 Å². The summed E-state index contributed by atoms with van der Waals surface area (Å²) in [6.45, 7) is 6.20. The van der Waals surface area contributed by atoms with Gasteiger partial charge in [0.15, 0.2) is 11.5 Å². The number of ether oxygens (including phenoxy) is 2. The van der Waals surface area contributed by atoms with Crippen LogP contribution < -0.4 is 20.5 Å². The van der Waals surface area contributed by atoms with Crippen molar-refractivity contribution in [1.82, 2.24) is 5.32 Å². The van der Waals surface area contributed by atoms with Gasteiger partial charge in [0, 0.05) is 18.2 Å². The molecule has 0 heterocycles. The number of nitrogens with zero attached hydrogens (tertiary/aromatic N) is 1. The third-order valence-corrected chi connectivity index (χ3v) is 4.03. The Hall–Kier alpha value is -2.06. The van der Waals surface area contributed by atoms with Crippen LogP contribution in [0.1, 0.15) is 44.0 Å². The van der Waals surface area contributed by atoms with Gasteiger partial charge in [-0.2, -0.15) is 0 Å². The molecule has 0 aliphatic rings. The molecule has 25 heavy (non-hydrogen) atoms. The minimum atomic E-state index is -0.623. The number of hydrogen-bond acceptors (Lipinski definition) is 6. The molecule has 0 unspecified atom stereocenters. The average Bonchev–Trinajstić information content (AvgIpc) is 2.59. The fourth-order valence-electron chi connectivity index (χ4n) is 2.16. The maximum absolute atomic E-state index is 12.4. The van der Waals surface area contributed by atoms with E-state index in [-0.39, 0.29) is 41.7 Å². The summed E-state index contributed by atoms with van der Waals surface area (Å²) in [5, 5.41) is 14.0. The van der Waals surface area contributed by atoms with Gasteiger partial charge in [0.1, 0.15) is 5.56 Å². The molecule has 0 saturated carbocycles. The summed E-state index contributed by atoms with van der Waals surface area (Å²) in [6.07, 6.45) is 1.36. The molecule has 0 aliphatic heterocycles. The van der Waals surface area contributed by atoms with Crippen molar-refractivity contribution in [1.29, 1.82) is 0 Å².